The van der Waals surface area contributed by atoms with Gasteiger partial charge in [-0.15, -0.1) is 0 Å². The fourth-order valence-corrected chi connectivity index (χ4v) is 1.79. The highest BCUT2D eigenvalue weighted by atomic mass is 79.9. The molecule has 1 amide bonds. The van der Waals surface area contributed by atoms with E-state index >= 15 is 0 Å². The summed E-state index contributed by atoms with van der Waals surface area (Å²) in [5, 5.41) is 2.80. The number of anilines is 2. The Hall–Kier alpha value is -1.88. The average Bonchev–Trinajstić information content (AvgIpc) is 2.34. The van der Waals surface area contributed by atoms with Gasteiger partial charge in [-0.3, -0.25) is 4.79 Å². The molecule has 0 spiro atoms. The predicted octanol–water partition coefficient (Wildman–Crippen LogP) is 2.99. The number of nitrogen functional groups attached to an aromatic ring is 1. The summed E-state index contributed by atoms with van der Waals surface area (Å²) in [6.45, 7) is 1.99. The van der Waals surface area contributed by atoms with Crippen molar-refractivity contribution in [1.29, 1.82) is 0 Å². The summed E-state index contributed by atoms with van der Waals surface area (Å²) >= 11 is 3.42. The number of benzene rings is 1. The Morgan fingerprint density at radius 2 is 2.11 bits per heavy atom. The molecule has 0 unspecified atom stereocenters. The monoisotopic (exact) mass is 305 g/mol. The molecule has 0 saturated heterocycles. The number of hydrogen-bond donors (Lipinski definition) is 2. The second kappa shape index (κ2) is 5.18. The fourth-order valence-electron chi connectivity index (χ4n) is 1.41. The van der Waals surface area contributed by atoms with Gasteiger partial charge < -0.3 is 11.1 Å². The van der Waals surface area contributed by atoms with Crippen LogP contribution in [-0.4, -0.2) is 10.9 Å². The summed E-state index contributed by atoms with van der Waals surface area (Å²) in [7, 11) is 0. The first-order valence-electron chi connectivity index (χ1n) is 5.35. The lowest BCUT2D eigenvalue weighted by molar-refractivity contribution is 0.102. The summed E-state index contributed by atoms with van der Waals surface area (Å²) < 4.78 is 0.954. The lowest BCUT2D eigenvalue weighted by Crippen LogP contribution is -2.12. The molecular weight excluding hydrogens is 294 g/mol. The lowest BCUT2D eigenvalue weighted by atomic mass is 10.2. The normalized spacial score (nSPS) is 10.1. The minimum absolute atomic E-state index is 0.210. The number of aromatic nitrogens is 1. The maximum absolute atomic E-state index is 11.9. The number of hydrogen-bond acceptors (Lipinski definition) is 3. The van der Waals surface area contributed by atoms with E-state index in [1.807, 2.05) is 25.1 Å². The third-order valence-corrected chi connectivity index (χ3v) is 3.33. The molecule has 2 aromatic rings. The van der Waals surface area contributed by atoms with E-state index in [1.54, 1.807) is 12.1 Å². The van der Waals surface area contributed by atoms with Gasteiger partial charge in [-0.05, 0) is 36.8 Å². The average molecular weight is 306 g/mol. The Morgan fingerprint density at radius 1 is 1.33 bits per heavy atom. The minimum Gasteiger partial charge on any atom is -0.384 e. The van der Waals surface area contributed by atoms with Gasteiger partial charge in [0.1, 0.15) is 5.82 Å². The Kier molecular flexibility index (Phi) is 3.62. The van der Waals surface area contributed by atoms with Crippen LogP contribution in [0.3, 0.4) is 0 Å². The van der Waals surface area contributed by atoms with Gasteiger partial charge in [-0.2, -0.15) is 0 Å². The molecule has 0 bridgehead atoms. The van der Waals surface area contributed by atoms with Crippen molar-refractivity contribution in [2.75, 3.05) is 11.1 Å². The number of aryl methyl sites for hydroxylation is 1. The summed E-state index contributed by atoms with van der Waals surface area (Å²) in [4.78, 5) is 15.8. The number of carbonyl (C=O) groups is 1. The van der Waals surface area contributed by atoms with Crippen LogP contribution in [0.5, 0.6) is 0 Å². The van der Waals surface area contributed by atoms with Gasteiger partial charge >= 0.3 is 0 Å². The summed E-state index contributed by atoms with van der Waals surface area (Å²) in [6, 6.07) is 8.88. The molecular formula is C13H12BrN3O. The molecule has 1 aromatic heterocycles. The highest BCUT2D eigenvalue weighted by Crippen LogP contribution is 2.21. The van der Waals surface area contributed by atoms with E-state index in [2.05, 4.69) is 26.2 Å². The molecule has 0 aliphatic heterocycles. The highest BCUT2D eigenvalue weighted by molar-refractivity contribution is 9.10. The first-order valence-corrected chi connectivity index (χ1v) is 6.14. The SMILES string of the molecule is Cc1ccc(NC(=O)c2ccc(N)nc2)cc1Br. The Morgan fingerprint density at radius 3 is 2.72 bits per heavy atom. The quantitative estimate of drug-likeness (QED) is 0.896. The van der Waals surface area contributed by atoms with E-state index in [1.165, 1.54) is 6.20 Å². The van der Waals surface area contributed by atoms with Crippen LogP contribution in [0.15, 0.2) is 41.0 Å². The molecule has 5 heteroatoms. The Bertz CT molecular complexity index is 581. The van der Waals surface area contributed by atoms with Crippen molar-refractivity contribution in [3.05, 3.63) is 52.1 Å². The van der Waals surface area contributed by atoms with E-state index < -0.39 is 0 Å². The lowest BCUT2D eigenvalue weighted by Gasteiger charge is -2.07. The van der Waals surface area contributed by atoms with Crippen LogP contribution in [0.4, 0.5) is 11.5 Å². The van der Waals surface area contributed by atoms with Gasteiger partial charge in [0.15, 0.2) is 0 Å². The predicted molar refractivity (Wildman–Crippen MR) is 75.5 cm³/mol. The van der Waals surface area contributed by atoms with Gasteiger partial charge in [0.25, 0.3) is 5.91 Å². The third kappa shape index (κ3) is 2.87. The van der Waals surface area contributed by atoms with Crippen molar-refractivity contribution in [1.82, 2.24) is 4.98 Å². The van der Waals surface area contributed by atoms with Gasteiger partial charge in [0.2, 0.25) is 0 Å². The standard InChI is InChI=1S/C13H12BrN3O/c1-8-2-4-10(6-11(8)14)17-13(18)9-3-5-12(15)16-7-9/h2-7H,1H3,(H2,15,16)(H,17,18). The molecule has 0 saturated carbocycles. The molecule has 1 heterocycles. The number of carbonyl (C=O) groups excluding carboxylic acids is 1. The molecule has 0 radical (unpaired) electrons. The summed E-state index contributed by atoms with van der Waals surface area (Å²) in [6.07, 6.45) is 1.45. The second-order valence-corrected chi connectivity index (χ2v) is 4.74. The van der Waals surface area contributed by atoms with Crippen molar-refractivity contribution in [2.24, 2.45) is 0 Å². The molecule has 3 N–H and O–H groups in total. The summed E-state index contributed by atoms with van der Waals surface area (Å²) in [5.41, 5.74) is 7.78. The molecule has 1 aromatic carbocycles. The highest BCUT2D eigenvalue weighted by Gasteiger charge is 2.07. The molecule has 0 fully saturated rings. The Labute approximate surface area is 113 Å². The van der Waals surface area contributed by atoms with E-state index in [-0.39, 0.29) is 5.91 Å². The number of nitrogens with zero attached hydrogens (tertiary/aromatic N) is 1. The maximum Gasteiger partial charge on any atom is 0.257 e. The van der Waals surface area contributed by atoms with Crippen LogP contribution in [-0.2, 0) is 0 Å². The van der Waals surface area contributed by atoms with Crippen LogP contribution in [0.2, 0.25) is 0 Å². The first-order chi connectivity index (χ1) is 8.56. The second-order valence-electron chi connectivity index (χ2n) is 3.89. The molecule has 4 nitrogen and oxygen atoms in total. The van der Waals surface area contributed by atoms with Crippen LogP contribution < -0.4 is 11.1 Å². The zero-order chi connectivity index (χ0) is 13.1. The number of rotatable bonds is 2. The zero-order valence-corrected chi connectivity index (χ0v) is 11.4. The molecule has 18 heavy (non-hydrogen) atoms. The van der Waals surface area contributed by atoms with Crippen molar-refractivity contribution in [3.63, 3.8) is 0 Å². The van der Waals surface area contributed by atoms with Gasteiger partial charge in [-0.1, -0.05) is 22.0 Å². The molecule has 0 aliphatic rings. The van der Waals surface area contributed by atoms with E-state index in [9.17, 15) is 4.79 Å². The van der Waals surface area contributed by atoms with Crippen LogP contribution in [0.1, 0.15) is 15.9 Å². The van der Waals surface area contributed by atoms with Crippen molar-refractivity contribution >= 4 is 33.3 Å². The zero-order valence-electron chi connectivity index (χ0n) is 9.77. The van der Waals surface area contributed by atoms with Crippen molar-refractivity contribution in [3.8, 4) is 0 Å². The third-order valence-electron chi connectivity index (χ3n) is 2.48. The van der Waals surface area contributed by atoms with E-state index in [0.717, 1.165) is 15.7 Å². The summed E-state index contributed by atoms with van der Waals surface area (Å²) in [5.74, 6) is 0.183. The van der Waals surface area contributed by atoms with E-state index in [4.69, 9.17) is 5.73 Å². The maximum atomic E-state index is 11.9. The number of nitrogens with one attached hydrogen (secondary N) is 1. The minimum atomic E-state index is -0.210. The molecule has 2 rings (SSSR count). The largest absolute Gasteiger partial charge is 0.384 e. The molecule has 92 valence electrons. The number of pyridine rings is 1. The number of amides is 1. The topological polar surface area (TPSA) is 68.0 Å². The van der Waals surface area contributed by atoms with Gasteiger partial charge in [-0.25, -0.2) is 4.98 Å². The van der Waals surface area contributed by atoms with Crippen LogP contribution in [0.25, 0.3) is 0 Å². The van der Waals surface area contributed by atoms with Gasteiger partial charge in [0, 0.05) is 16.4 Å². The van der Waals surface area contributed by atoms with Gasteiger partial charge in [0.05, 0.1) is 5.56 Å². The number of halogens is 1. The van der Waals surface area contributed by atoms with Crippen LogP contribution in [0, 0.1) is 6.92 Å². The van der Waals surface area contributed by atoms with Crippen molar-refractivity contribution in [2.45, 2.75) is 6.92 Å². The number of nitrogens with two attached hydrogens (primary N) is 1. The molecule has 0 atom stereocenters. The van der Waals surface area contributed by atoms with E-state index in [0.29, 0.717) is 11.4 Å². The smallest absolute Gasteiger partial charge is 0.257 e. The first kappa shape index (κ1) is 12.6. The molecule has 0 aliphatic carbocycles. The Balaban J connectivity index is 2.16. The van der Waals surface area contributed by atoms with Crippen LogP contribution >= 0.6 is 15.9 Å². The fraction of sp³-hybridized carbons (Fsp3) is 0.0769. The van der Waals surface area contributed by atoms with Crippen molar-refractivity contribution < 1.29 is 4.79 Å².